The summed E-state index contributed by atoms with van der Waals surface area (Å²) < 4.78 is 26.5. The van der Waals surface area contributed by atoms with Crippen LogP contribution in [0.2, 0.25) is 0 Å². The van der Waals surface area contributed by atoms with Crippen LogP contribution >= 0.6 is 0 Å². The molecule has 14 N–H and O–H groups in total. The molecule has 13 atom stereocenters. The third-order valence-electron chi connectivity index (χ3n) is 13.9. The van der Waals surface area contributed by atoms with Crippen LogP contribution in [0.1, 0.15) is 72.6 Å². The smallest absolute Gasteiger partial charge is 0.338 e. The molecule has 0 spiro atoms. The normalized spacial score (nSPS) is 26.5. The predicted molar refractivity (Wildman–Crippen MR) is 296 cm³/mol. The fourth-order valence-corrected chi connectivity index (χ4v) is 8.45. The van der Waals surface area contributed by atoms with Crippen molar-refractivity contribution in [2.24, 2.45) is 0 Å². The lowest BCUT2D eigenvalue weighted by molar-refractivity contribution is -0.221. The van der Waals surface area contributed by atoms with E-state index in [1.807, 2.05) is 13.8 Å². The van der Waals surface area contributed by atoms with Crippen LogP contribution in [-0.2, 0) is 23.7 Å². The molecule has 3 saturated heterocycles. The Morgan fingerprint density at radius 2 is 0.825 bits per heavy atom. The maximum atomic E-state index is 12.2. The molecule has 0 aromatic heterocycles. The first-order valence-corrected chi connectivity index (χ1v) is 27.3. The largest absolute Gasteiger partial charge is 0.461 e. The van der Waals surface area contributed by atoms with Gasteiger partial charge in [0, 0.05) is 48.8 Å². The molecule has 3 aliphatic heterocycles. The summed E-state index contributed by atoms with van der Waals surface area (Å²) in [4.78, 5) is 42.9. The van der Waals surface area contributed by atoms with Crippen LogP contribution in [0.25, 0.3) is 0 Å². The second-order valence-electron chi connectivity index (χ2n) is 19.1. The van der Waals surface area contributed by atoms with Crippen molar-refractivity contribution in [2.45, 2.75) is 121 Å². The molecule has 450 valence electrons. The monoisotopic (exact) mass is 1130 g/mol. The molecule has 3 aliphatic rings. The fraction of sp³-hybridized carbons (Fsp3) is 0.618. The summed E-state index contributed by atoms with van der Waals surface area (Å²) in [5.74, 6) is -0.959. The summed E-state index contributed by atoms with van der Waals surface area (Å²) in [5.41, 5.74) is 3.13. The molecule has 25 nitrogen and oxygen atoms in total. The van der Waals surface area contributed by atoms with Crippen LogP contribution in [0.15, 0.2) is 72.8 Å². The third kappa shape index (κ3) is 20.7. The first-order chi connectivity index (χ1) is 38.3. The Hall–Kier alpha value is -5.17. The van der Waals surface area contributed by atoms with Crippen molar-refractivity contribution in [1.82, 2.24) is 20.0 Å². The number of aliphatic hydroxyl groups excluding tert-OH is 10. The van der Waals surface area contributed by atoms with Gasteiger partial charge in [0.15, 0.2) is 18.7 Å². The summed E-state index contributed by atoms with van der Waals surface area (Å²) in [6, 6.07) is 19.7. The van der Waals surface area contributed by atoms with E-state index < -0.39 is 98.3 Å². The molecule has 0 radical (unpaired) electrons. The molecule has 25 heteroatoms. The second-order valence-corrected chi connectivity index (χ2v) is 19.1. The van der Waals surface area contributed by atoms with E-state index in [0.29, 0.717) is 66.6 Å². The van der Waals surface area contributed by atoms with Crippen molar-refractivity contribution in [3.8, 4) is 0 Å². The number of carbonyl (C=O) groups is 3. The van der Waals surface area contributed by atoms with E-state index in [2.05, 4.69) is 63.7 Å². The van der Waals surface area contributed by atoms with E-state index in [4.69, 9.17) is 23.7 Å². The Kier molecular flexibility index (Phi) is 29.4. The zero-order valence-corrected chi connectivity index (χ0v) is 46.6. The minimum atomic E-state index is -1.46. The number of anilines is 3. The number of ether oxygens (including phenoxy) is 5. The van der Waals surface area contributed by atoms with Gasteiger partial charge >= 0.3 is 11.9 Å². The van der Waals surface area contributed by atoms with Crippen LogP contribution < -0.4 is 21.3 Å². The summed E-state index contributed by atoms with van der Waals surface area (Å²) in [6.45, 7) is 20.7. The van der Waals surface area contributed by atoms with Crippen molar-refractivity contribution < 1.29 is 89.1 Å². The number of hydrogen-bond acceptors (Lipinski definition) is 24. The molecule has 6 rings (SSSR count). The van der Waals surface area contributed by atoms with E-state index in [1.54, 1.807) is 72.8 Å². The number of esters is 2. The van der Waals surface area contributed by atoms with E-state index in [9.17, 15) is 65.4 Å². The average Bonchev–Trinajstić information content (AvgIpc) is 3.47. The number of aliphatic hydroxyl groups is 10. The summed E-state index contributed by atoms with van der Waals surface area (Å²) in [5, 5.41) is 109. The van der Waals surface area contributed by atoms with E-state index in [-0.39, 0.29) is 19.1 Å². The van der Waals surface area contributed by atoms with Gasteiger partial charge in [0.25, 0.3) is 5.91 Å². The maximum absolute atomic E-state index is 12.2. The number of likely N-dealkylation sites (N-methyl/N-ethyl adjacent to an activating group) is 3. The molecule has 3 aromatic rings. The molecule has 3 fully saturated rings. The van der Waals surface area contributed by atoms with Crippen LogP contribution in [0, 0.1) is 0 Å². The molecule has 80 heavy (non-hydrogen) atoms. The highest BCUT2D eigenvalue weighted by Crippen LogP contribution is 2.24. The lowest BCUT2D eigenvalue weighted by Gasteiger charge is -2.40. The van der Waals surface area contributed by atoms with Gasteiger partial charge in [0.05, 0.1) is 30.9 Å². The minimum absolute atomic E-state index is 0.0665. The van der Waals surface area contributed by atoms with Gasteiger partial charge in [-0.05, 0) is 112 Å². The SMILES string of the molecule is CCN(CC)CCNC(=O)c1ccc(N[C@@H]2OC[C@@H](O)[C@@H](O)C2O)cc1.CCN(CC)CCOC(=O)c1ccc(N[C@@H]2OC(CO)[C@@H](O)[C@@H](O)C2O)cc1.CCN(CC)CCOC(=O)c1ccc(N[C@@H]2OC[C@@H](O)[C@@H](O)C2O)cc1. The van der Waals surface area contributed by atoms with Gasteiger partial charge in [-0.2, -0.15) is 0 Å². The fourth-order valence-electron chi connectivity index (χ4n) is 8.45. The average molecular weight is 1130 g/mol. The van der Waals surface area contributed by atoms with Crippen molar-refractivity contribution in [3.05, 3.63) is 89.5 Å². The minimum Gasteiger partial charge on any atom is -0.461 e. The van der Waals surface area contributed by atoms with Gasteiger partial charge in [-0.15, -0.1) is 0 Å². The number of hydrogen-bond donors (Lipinski definition) is 14. The maximum Gasteiger partial charge on any atom is 0.338 e. The van der Waals surface area contributed by atoms with Crippen molar-refractivity contribution >= 4 is 34.9 Å². The second kappa shape index (κ2) is 35.0. The number of nitrogens with one attached hydrogen (secondary N) is 4. The molecule has 4 unspecified atom stereocenters. The summed E-state index contributed by atoms with van der Waals surface area (Å²) in [6.07, 6.45) is -15.2. The van der Waals surface area contributed by atoms with Gasteiger partial charge in [0.2, 0.25) is 0 Å². The lowest BCUT2D eigenvalue weighted by atomic mass is 9.98. The zero-order valence-electron chi connectivity index (χ0n) is 46.6. The highest BCUT2D eigenvalue weighted by Gasteiger charge is 2.44. The molecule has 3 heterocycles. The molecular formula is C55H87N7O18. The molecule has 0 saturated carbocycles. The molecule has 0 bridgehead atoms. The first kappa shape index (κ1) is 67.3. The summed E-state index contributed by atoms with van der Waals surface area (Å²) >= 11 is 0. The van der Waals surface area contributed by atoms with Crippen LogP contribution in [0.3, 0.4) is 0 Å². The summed E-state index contributed by atoms with van der Waals surface area (Å²) in [7, 11) is 0. The van der Waals surface area contributed by atoms with Crippen LogP contribution in [-0.4, -0.2) is 262 Å². The van der Waals surface area contributed by atoms with Gasteiger partial charge in [-0.25, -0.2) is 9.59 Å². The van der Waals surface area contributed by atoms with Gasteiger partial charge in [0.1, 0.15) is 74.3 Å². The highest BCUT2D eigenvalue weighted by molar-refractivity contribution is 5.94. The van der Waals surface area contributed by atoms with Crippen molar-refractivity contribution in [1.29, 1.82) is 0 Å². The molecule has 3 aromatic carbocycles. The third-order valence-corrected chi connectivity index (χ3v) is 13.9. The zero-order chi connectivity index (χ0) is 58.9. The highest BCUT2D eigenvalue weighted by atomic mass is 16.6. The van der Waals surface area contributed by atoms with E-state index >= 15 is 0 Å². The van der Waals surface area contributed by atoms with Crippen molar-refractivity contribution in [2.75, 3.05) is 114 Å². The Morgan fingerprint density at radius 1 is 0.475 bits per heavy atom. The Labute approximate surface area is 468 Å². The lowest BCUT2D eigenvalue weighted by Crippen LogP contribution is -2.60. The topological polar surface area (TPSA) is 358 Å². The first-order valence-electron chi connectivity index (χ1n) is 27.3. The molecular weight excluding hydrogens is 1050 g/mol. The molecule has 0 aliphatic carbocycles. The van der Waals surface area contributed by atoms with E-state index in [0.717, 1.165) is 45.8 Å². The number of benzene rings is 3. The van der Waals surface area contributed by atoms with E-state index in [1.165, 1.54) is 0 Å². The van der Waals surface area contributed by atoms with Gasteiger partial charge in [-0.3, -0.25) is 4.79 Å². The van der Waals surface area contributed by atoms with Gasteiger partial charge < -0.3 is 111 Å². The standard InChI is InChI=1S/C19H30N2O7.C18H29N3O5.C18H28N2O6/c1-3-21(4-2)9-10-27-19(26)12-5-7-13(8-6-12)20-18-17(25)16(24)15(23)14(11-22)28-18;1-3-21(4-2)10-9-19-17(25)12-5-7-13(8-6-12)20-18-16(24)15(23)14(22)11-26-18;1-3-20(4-2)9-10-25-18(24)12-5-7-13(8-6-12)19-17-16(23)15(22)14(21)11-26-17/h5-8,14-18,20,22-25H,3-4,9-11H2,1-2H3;5-8,14-16,18,20,22-24H,3-4,9-11H2,1-2H3,(H,19,25);5-8,14-17,19,21-23H,3-4,9-11H2,1-2H3/t14?,15-,16-,17?,18-;14-,15-,16?,18-;14-,15-,16?,17-/m111/s1. The number of rotatable bonds is 25. The predicted octanol–water partition coefficient (Wildman–Crippen LogP) is -0.958. The van der Waals surface area contributed by atoms with Crippen LogP contribution in [0.4, 0.5) is 17.1 Å². The Morgan fingerprint density at radius 3 is 1.20 bits per heavy atom. The van der Waals surface area contributed by atoms with Crippen molar-refractivity contribution in [3.63, 3.8) is 0 Å². The Bertz CT molecular complexity index is 2130. The Balaban J connectivity index is 0.000000259. The number of amides is 1. The van der Waals surface area contributed by atoms with Gasteiger partial charge in [-0.1, -0.05) is 41.5 Å². The quantitative estimate of drug-likeness (QED) is 0.0455. The molecule has 1 amide bonds. The number of nitrogens with zero attached hydrogens (tertiary/aromatic N) is 3. The number of carbonyl (C=O) groups excluding carboxylic acids is 3. The van der Waals surface area contributed by atoms with Crippen LogP contribution in [0.5, 0.6) is 0 Å².